The number of benzene rings is 1. The first kappa shape index (κ1) is 19.8. The van der Waals surface area contributed by atoms with Crippen LogP contribution in [-0.4, -0.2) is 36.0 Å². The highest BCUT2D eigenvalue weighted by Crippen LogP contribution is 2.10. The molecule has 6 heteroatoms. The molecule has 0 spiro atoms. The van der Waals surface area contributed by atoms with Crippen molar-refractivity contribution in [2.45, 2.75) is 52.3 Å². The molecule has 0 aliphatic carbocycles. The van der Waals surface area contributed by atoms with Crippen LogP contribution in [0.4, 0.5) is 0 Å². The van der Waals surface area contributed by atoms with Crippen molar-refractivity contribution < 1.29 is 23.9 Å². The first-order valence-electron chi connectivity index (χ1n) is 7.91. The highest BCUT2D eigenvalue weighted by atomic mass is 16.6. The van der Waals surface area contributed by atoms with Gasteiger partial charge < -0.3 is 9.47 Å². The van der Waals surface area contributed by atoms with E-state index in [4.69, 9.17) is 9.47 Å². The number of rotatable bonds is 8. The van der Waals surface area contributed by atoms with Gasteiger partial charge in [-0.3, -0.25) is 14.9 Å². The second kappa shape index (κ2) is 9.17. The molecule has 1 aromatic rings. The van der Waals surface area contributed by atoms with Crippen LogP contribution in [0.5, 0.6) is 0 Å². The monoisotopic (exact) mass is 335 g/mol. The minimum Gasteiger partial charge on any atom is -0.466 e. The first-order chi connectivity index (χ1) is 11.2. The Morgan fingerprint density at radius 2 is 1.75 bits per heavy atom. The molecule has 0 aliphatic rings. The summed E-state index contributed by atoms with van der Waals surface area (Å²) < 4.78 is 10.0. The van der Waals surface area contributed by atoms with Crippen molar-refractivity contribution in [2.75, 3.05) is 6.61 Å². The summed E-state index contributed by atoms with van der Waals surface area (Å²) in [5.41, 5.74) is 0.184. The average Bonchev–Trinajstić information content (AvgIpc) is 2.46. The summed E-state index contributed by atoms with van der Waals surface area (Å²) in [4.78, 5) is 36.1. The van der Waals surface area contributed by atoms with E-state index in [1.165, 1.54) is 0 Å². The molecule has 1 N–H and O–H groups in total. The zero-order chi connectivity index (χ0) is 18.2. The van der Waals surface area contributed by atoms with Gasteiger partial charge in [0, 0.05) is 6.54 Å². The third-order valence-electron chi connectivity index (χ3n) is 2.94. The molecule has 0 saturated heterocycles. The van der Waals surface area contributed by atoms with Crippen LogP contribution >= 0.6 is 0 Å². The van der Waals surface area contributed by atoms with E-state index in [0.717, 1.165) is 5.56 Å². The number of nitrogens with one attached hydrogen (secondary N) is 1. The van der Waals surface area contributed by atoms with E-state index in [2.05, 4.69) is 5.32 Å². The third kappa shape index (κ3) is 7.37. The molecule has 24 heavy (non-hydrogen) atoms. The van der Waals surface area contributed by atoms with Crippen molar-refractivity contribution in [2.24, 2.45) is 0 Å². The molecule has 0 saturated carbocycles. The molecule has 1 aromatic carbocycles. The maximum atomic E-state index is 12.3. The number of carbonyl (C=O) groups is 3. The van der Waals surface area contributed by atoms with Gasteiger partial charge in [0.1, 0.15) is 12.0 Å². The van der Waals surface area contributed by atoms with Gasteiger partial charge in [0.05, 0.1) is 6.61 Å². The molecule has 0 heterocycles. The lowest BCUT2D eigenvalue weighted by atomic mass is 10.1. The Hall–Kier alpha value is -2.21. The van der Waals surface area contributed by atoms with Gasteiger partial charge in [-0.2, -0.15) is 0 Å². The number of ketones is 1. The van der Waals surface area contributed by atoms with Gasteiger partial charge in [0.2, 0.25) is 0 Å². The van der Waals surface area contributed by atoms with Crippen molar-refractivity contribution in [3.63, 3.8) is 0 Å². The Balaban J connectivity index is 2.79. The Morgan fingerprint density at radius 1 is 1.12 bits per heavy atom. The lowest BCUT2D eigenvalue weighted by Crippen LogP contribution is -2.47. The molecule has 0 amide bonds. The summed E-state index contributed by atoms with van der Waals surface area (Å²) in [6, 6.07) is 8.12. The zero-order valence-corrected chi connectivity index (χ0v) is 14.6. The maximum absolute atomic E-state index is 12.3. The Kier molecular flexibility index (Phi) is 7.58. The van der Waals surface area contributed by atoms with Crippen LogP contribution in [0.25, 0.3) is 0 Å². The van der Waals surface area contributed by atoms with Crippen molar-refractivity contribution in [3.05, 3.63) is 35.9 Å². The summed E-state index contributed by atoms with van der Waals surface area (Å²) in [5, 5.41) is 2.87. The van der Waals surface area contributed by atoms with E-state index in [1.807, 2.05) is 30.3 Å². The van der Waals surface area contributed by atoms with Crippen LogP contribution in [0, 0.1) is 0 Å². The lowest BCUT2D eigenvalue weighted by Gasteiger charge is -2.24. The lowest BCUT2D eigenvalue weighted by molar-refractivity contribution is -0.159. The minimum absolute atomic E-state index is 0.181. The average molecular weight is 335 g/mol. The Labute approximate surface area is 142 Å². The number of carbonyl (C=O) groups excluding carboxylic acids is 3. The predicted octanol–water partition coefficient (Wildman–Crippen LogP) is 2.01. The fourth-order valence-corrected chi connectivity index (χ4v) is 1.96. The number of ether oxygens (including phenoxy) is 2. The standard InChI is InChI=1S/C18H25NO5/c1-5-23-15(21)11-14(20)16(17(22)24-18(2,3)4)19-12-13-9-7-6-8-10-13/h6-10,16,19H,5,11-12H2,1-4H3. The topological polar surface area (TPSA) is 81.7 Å². The molecule has 0 bridgehead atoms. The van der Waals surface area contributed by atoms with E-state index in [-0.39, 0.29) is 6.61 Å². The van der Waals surface area contributed by atoms with Gasteiger partial charge in [0.25, 0.3) is 0 Å². The highest BCUT2D eigenvalue weighted by Gasteiger charge is 2.32. The molecule has 1 atom stereocenters. The summed E-state index contributed by atoms with van der Waals surface area (Å²) in [7, 11) is 0. The van der Waals surface area contributed by atoms with Gasteiger partial charge in [-0.1, -0.05) is 30.3 Å². The maximum Gasteiger partial charge on any atom is 0.331 e. The van der Waals surface area contributed by atoms with Crippen LogP contribution in [0.15, 0.2) is 30.3 Å². The van der Waals surface area contributed by atoms with Crippen molar-refractivity contribution in [1.29, 1.82) is 0 Å². The second-order valence-electron chi connectivity index (χ2n) is 6.28. The number of hydrogen-bond acceptors (Lipinski definition) is 6. The summed E-state index contributed by atoms with van der Waals surface area (Å²) in [5.74, 6) is -1.93. The number of esters is 2. The van der Waals surface area contributed by atoms with Crippen molar-refractivity contribution in [3.8, 4) is 0 Å². The SMILES string of the molecule is CCOC(=O)CC(=O)C(NCc1ccccc1)C(=O)OC(C)(C)C. The van der Waals surface area contributed by atoms with Crippen LogP contribution in [-0.2, 0) is 30.4 Å². The first-order valence-corrected chi connectivity index (χ1v) is 7.91. The van der Waals surface area contributed by atoms with E-state index >= 15 is 0 Å². The van der Waals surface area contributed by atoms with E-state index < -0.39 is 35.8 Å². The fraction of sp³-hybridized carbons (Fsp3) is 0.500. The fourth-order valence-electron chi connectivity index (χ4n) is 1.96. The molecule has 1 rings (SSSR count). The Morgan fingerprint density at radius 3 is 2.29 bits per heavy atom. The van der Waals surface area contributed by atoms with Crippen molar-refractivity contribution >= 4 is 17.7 Å². The quantitative estimate of drug-likeness (QED) is 0.578. The summed E-state index contributed by atoms with van der Waals surface area (Å²) >= 11 is 0. The van der Waals surface area contributed by atoms with Gasteiger partial charge in [0.15, 0.2) is 11.8 Å². The summed E-state index contributed by atoms with van der Waals surface area (Å²) in [6.45, 7) is 7.29. The zero-order valence-electron chi connectivity index (χ0n) is 14.6. The van der Waals surface area contributed by atoms with Crippen LogP contribution < -0.4 is 5.32 Å². The molecule has 0 aromatic heterocycles. The largest absolute Gasteiger partial charge is 0.466 e. The van der Waals surface area contributed by atoms with Gasteiger partial charge in [-0.15, -0.1) is 0 Å². The molecule has 6 nitrogen and oxygen atoms in total. The Bertz CT molecular complexity index is 563. The van der Waals surface area contributed by atoms with Crippen LogP contribution in [0.1, 0.15) is 39.7 Å². The van der Waals surface area contributed by atoms with Gasteiger partial charge in [-0.25, -0.2) is 4.79 Å². The minimum atomic E-state index is -1.21. The smallest absolute Gasteiger partial charge is 0.331 e. The molecule has 0 aliphatic heterocycles. The van der Waals surface area contributed by atoms with E-state index in [9.17, 15) is 14.4 Å². The molecule has 1 unspecified atom stereocenters. The third-order valence-corrected chi connectivity index (χ3v) is 2.94. The van der Waals surface area contributed by atoms with Gasteiger partial charge in [-0.05, 0) is 33.3 Å². The van der Waals surface area contributed by atoms with E-state index in [1.54, 1.807) is 27.7 Å². The molecule has 132 valence electrons. The number of Topliss-reactive ketones (excluding diaryl/α,β-unsaturated/α-hetero) is 1. The summed E-state index contributed by atoms with van der Waals surface area (Å²) in [6.07, 6.45) is -0.473. The normalized spacial score (nSPS) is 12.3. The van der Waals surface area contributed by atoms with E-state index in [0.29, 0.717) is 6.54 Å². The van der Waals surface area contributed by atoms with Crippen molar-refractivity contribution in [1.82, 2.24) is 5.32 Å². The molecular formula is C18H25NO5. The van der Waals surface area contributed by atoms with Gasteiger partial charge >= 0.3 is 11.9 Å². The molecule has 0 radical (unpaired) electrons. The molecule has 0 fully saturated rings. The van der Waals surface area contributed by atoms with Crippen LogP contribution in [0.3, 0.4) is 0 Å². The van der Waals surface area contributed by atoms with Crippen LogP contribution in [0.2, 0.25) is 0 Å². The highest BCUT2D eigenvalue weighted by molar-refractivity contribution is 6.09. The molecular weight excluding hydrogens is 310 g/mol. The number of hydrogen-bond donors (Lipinski definition) is 1. The predicted molar refractivity (Wildman–Crippen MR) is 89.2 cm³/mol. The second-order valence-corrected chi connectivity index (χ2v) is 6.28.